The van der Waals surface area contributed by atoms with E-state index in [4.69, 9.17) is 0 Å². The third-order valence-electron chi connectivity index (χ3n) is 9.03. The van der Waals surface area contributed by atoms with Crippen LogP contribution >= 0.6 is 0 Å². The zero-order valence-corrected chi connectivity index (χ0v) is 28.4. The van der Waals surface area contributed by atoms with Gasteiger partial charge in [-0.25, -0.2) is 4.79 Å². The molecule has 0 fully saturated rings. The Hall–Kier alpha value is -6.12. The van der Waals surface area contributed by atoms with Crippen LogP contribution in [0, 0.1) is 11.3 Å². The van der Waals surface area contributed by atoms with Crippen molar-refractivity contribution in [3.8, 4) is 6.07 Å². The molecule has 0 amide bonds. The Kier molecular flexibility index (Phi) is 11.0. The standard InChI is InChI=1S/C45H41N3O2/c1-2-3-13-34-21-26-39(27-22-34)47-31-12-15-37-32-36(25-30-44(37)47)43(20-11-10-14-38(33-46)45(49)50)35-23-28-42(29-24-35)48(40-16-6-4-7-17-40)41-18-8-5-9-19-41/h4-11,14,16-30,32H,2-3,12-13,15,31H2,1H3,(H,49,50)/b11-10+,38-14+,43-20+. The molecule has 1 N–H and O–H groups in total. The Bertz CT molecular complexity index is 2000. The summed E-state index contributed by atoms with van der Waals surface area (Å²) < 4.78 is 0. The average Bonchev–Trinajstić information content (AvgIpc) is 3.16. The average molecular weight is 656 g/mol. The Morgan fingerprint density at radius 1 is 0.800 bits per heavy atom. The summed E-state index contributed by atoms with van der Waals surface area (Å²) >= 11 is 0. The van der Waals surface area contributed by atoms with Crippen molar-refractivity contribution in [1.29, 1.82) is 5.26 Å². The minimum absolute atomic E-state index is 0.310. The molecule has 6 rings (SSSR count). The second kappa shape index (κ2) is 16.3. The molecule has 5 heteroatoms. The van der Waals surface area contributed by atoms with Gasteiger partial charge in [-0.1, -0.05) is 98.3 Å². The summed E-state index contributed by atoms with van der Waals surface area (Å²) in [6.07, 6.45) is 12.3. The van der Waals surface area contributed by atoms with Crippen LogP contribution in [0.1, 0.15) is 48.4 Å². The van der Waals surface area contributed by atoms with Gasteiger partial charge >= 0.3 is 5.97 Å². The number of carbonyl (C=O) groups is 1. The first-order chi connectivity index (χ1) is 24.6. The lowest BCUT2D eigenvalue weighted by Crippen LogP contribution is -2.24. The van der Waals surface area contributed by atoms with Gasteiger partial charge in [-0.15, -0.1) is 0 Å². The van der Waals surface area contributed by atoms with Crippen LogP contribution in [0.2, 0.25) is 0 Å². The third-order valence-corrected chi connectivity index (χ3v) is 9.03. The van der Waals surface area contributed by atoms with E-state index in [9.17, 15) is 15.2 Å². The highest BCUT2D eigenvalue weighted by molar-refractivity contribution is 5.91. The fourth-order valence-corrected chi connectivity index (χ4v) is 6.47. The largest absolute Gasteiger partial charge is 0.477 e. The van der Waals surface area contributed by atoms with Crippen LogP contribution in [0.4, 0.5) is 28.4 Å². The van der Waals surface area contributed by atoms with Crippen molar-refractivity contribution in [2.24, 2.45) is 0 Å². The maximum Gasteiger partial charge on any atom is 0.346 e. The van der Waals surface area contributed by atoms with Crippen molar-refractivity contribution in [3.05, 3.63) is 180 Å². The minimum atomic E-state index is -1.24. The minimum Gasteiger partial charge on any atom is -0.477 e. The Morgan fingerprint density at radius 2 is 1.42 bits per heavy atom. The first-order valence-electron chi connectivity index (χ1n) is 17.3. The maximum absolute atomic E-state index is 11.4. The molecule has 5 aromatic carbocycles. The summed E-state index contributed by atoms with van der Waals surface area (Å²) in [5.41, 5.74) is 11.1. The first kappa shape index (κ1) is 33.8. The highest BCUT2D eigenvalue weighted by Crippen LogP contribution is 2.38. The van der Waals surface area contributed by atoms with Crippen molar-refractivity contribution < 1.29 is 9.90 Å². The summed E-state index contributed by atoms with van der Waals surface area (Å²) in [6, 6.07) is 46.6. The number of nitrogens with zero attached hydrogens (tertiary/aromatic N) is 3. The molecular formula is C45H41N3O2. The predicted octanol–water partition coefficient (Wildman–Crippen LogP) is 11.1. The third kappa shape index (κ3) is 7.94. The predicted molar refractivity (Wildman–Crippen MR) is 205 cm³/mol. The Morgan fingerprint density at radius 3 is 2.04 bits per heavy atom. The number of nitriles is 1. The van der Waals surface area contributed by atoms with E-state index in [0.717, 1.165) is 59.6 Å². The number of aryl methyl sites for hydroxylation is 2. The molecule has 248 valence electrons. The second-order valence-corrected chi connectivity index (χ2v) is 12.4. The number of para-hydroxylation sites is 2. The van der Waals surface area contributed by atoms with Crippen LogP contribution < -0.4 is 9.80 Å². The van der Waals surface area contributed by atoms with E-state index in [1.807, 2.05) is 42.5 Å². The van der Waals surface area contributed by atoms with Crippen LogP contribution in [0.3, 0.4) is 0 Å². The van der Waals surface area contributed by atoms with Crippen molar-refractivity contribution in [2.75, 3.05) is 16.3 Å². The van der Waals surface area contributed by atoms with Crippen LogP contribution in [-0.4, -0.2) is 17.6 Å². The molecule has 50 heavy (non-hydrogen) atoms. The molecule has 0 spiro atoms. The topological polar surface area (TPSA) is 67.6 Å². The monoisotopic (exact) mass is 655 g/mol. The number of hydrogen-bond acceptors (Lipinski definition) is 4. The molecule has 0 unspecified atom stereocenters. The molecule has 0 radical (unpaired) electrons. The van der Waals surface area contributed by atoms with Gasteiger partial charge in [0.15, 0.2) is 0 Å². The molecule has 0 aromatic heterocycles. The van der Waals surface area contributed by atoms with Crippen LogP contribution in [0.5, 0.6) is 0 Å². The number of rotatable bonds is 12. The van der Waals surface area contributed by atoms with Gasteiger partial charge in [-0.05, 0) is 120 Å². The number of carboxylic acids is 1. The van der Waals surface area contributed by atoms with Gasteiger partial charge in [0, 0.05) is 35.0 Å². The summed E-state index contributed by atoms with van der Waals surface area (Å²) in [4.78, 5) is 16.0. The van der Waals surface area contributed by atoms with Gasteiger partial charge in [0.2, 0.25) is 0 Å². The van der Waals surface area contributed by atoms with Crippen molar-refractivity contribution in [2.45, 2.75) is 39.0 Å². The lowest BCUT2D eigenvalue weighted by atomic mass is 9.92. The van der Waals surface area contributed by atoms with Crippen LogP contribution in [0.15, 0.2) is 157 Å². The molecule has 0 saturated carbocycles. The van der Waals surface area contributed by atoms with Gasteiger partial charge in [-0.2, -0.15) is 5.26 Å². The lowest BCUT2D eigenvalue weighted by Gasteiger charge is -2.32. The number of hydrogen-bond donors (Lipinski definition) is 1. The quantitative estimate of drug-likeness (QED) is 0.0823. The van der Waals surface area contributed by atoms with Gasteiger partial charge < -0.3 is 14.9 Å². The molecule has 1 heterocycles. The van der Waals surface area contributed by atoms with Crippen molar-refractivity contribution in [1.82, 2.24) is 0 Å². The zero-order valence-electron chi connectivity index (χ0n) is 28.4. The summed E-state index contributed by atoms with van der Waals surface area (Å²) in [6.45, 7) is 3.20. The van der Waals surface area contributed by atoms with E-state index >= 15 is 0 Å². The molecule has 0 saturated heterocycles. The zero-order chi connectivity index (χ0) is 34.7. The highest BCUT2D eigenvalue weighted by Gasteiger charge is 2.20. The Labute approximate surface area is 295 Å². The second-order valence-electron chi connectivity index (χ2n) is 12.4. The number of allylic oxidation sites excluding steroid dienone is 4. The van der Waals surface area contributed by atoms with E-state index < -0.39 is 5.97 Å². The highest BCUT2D eigenvalue weighted by atomic mass is 16.4. The molecule has 0 bridgehead atoms. The smallest absolute Gasteiger partial charge is 0.346 e. The summed E-state index contributed by atoms with van der Waals surface area (Å²) in [5.74, 6) is -1.24. The molecule has 1 aliphatic heterocycles. The summed E-state index contributed by atoms with van der Waals surface area (Å²) in [5, 5.41) is 18.5. The Balaban J connectivity index is 1.36. The number of aliphatic carboxylic acids is 1. The number of fused-ring (bicyclic) bond motifs is 1. The molecule has 0 aliphatic carbocycles. The van der Waals surface area contributed by atoms with Gasteiger partial charge in [0.05, 0.1) is 0 Å². The molecule has 5 aromatic rings. The van der Waals surface area contributed by atoms with E-state index in [-0.39, 0.29) is 5.57 Å². The van der Waals surface area contributed by atoms with Gasteiger partial charge in [-0.3, -0.25) is 0 Å². The molecule has 5 nitrogen and oxygen atoms in total. The molecule has 1 aliphatic rings. The molecule has 0 atom stereocenters. The normalized spacial score (nSPS) is 13.2. The number of carboxylic acid groups (broad SMARTS) is 1. The van der Waals surface area contributed by atoms with Crippen LogP contribution in [0.25, 0.3) is 5.57 Å². The van der Waals surface area contributed by atoms with Crippen LogP contribution in [-0.2, 0) is 17.6 Å². The SMILES string of the molecule is CCCCc1ccc(N2CCCc3cc(/C(=C/C=C/C=C(\C#N)C(=O)O)c4ccc(N(c5ccccc5)c5ccccc5)cc4)ccc32)cc1. The van der Waals surface area contributed by atoms with Crippen molar-refractivity contribution >= 4 is 40.0 Å². The number of anilines is 5. The first-order valence-corrected chi connectivity index (χ1v) is 17.3. The van der Waals surface area contributed by atoms with E-state index in [1.165, 1.54) is 41.4 Å². The fourth-order valence-electron chi connectivity index (χ4n) is 6.47. The maximum atomic E-state index is 11.4. The van der Waals surface area contributed by atoms with E-state index in [0.29, 0.717) is 0 Å². The van der Waals surface area contributed by atoms with E-state index in [2.05, 4.69) is 108 Å². The van der Waals surface area contributed by atoms with E-state index in [1.54, 1.807) is 18.2 Å². The summed E-state index contributed by atoms with van der Waals surface area (Å²) in [7, 11) is 0. The van der Waals surface area contributed by atoms with Gasteiger partial charge in [0.25, 0.3) is 0 Å². The number of unbranched alkanes of at least 4 members (excludes halogenated alkanes) is 1. The number of benzene rings is 5. The molecular weight excluding hydrogens is 615 g/mol. The lowest BCUT2D eigenvalue weighted by molar-refractivity contribution is -0.132. The van der Waals surface area contributed by atoms with Gasteiger partial charge in [0.1, 0.15) is 11.6 Å². The van der Waals surface area contributed by atoms with Crippen molar-refractivity contribution in [3.63, 3.8) is 0 Å². The fraction of sp³-hybridized carbons (Fsp3) is 0.156.